The fourth-order valence-corrected chi connectivity index (χ4v) is 2.98. The molecule has 0 saturated carbocycles. The van der Waals surface area contributed by atoms with Gasteiger partial charge in [0.25, 0.3) is 0 Å². The van der Waals surface area contributed by atoms with Crippen molar-refractivity contribution in [3.05, 3.63) is 64.9 Å². The third-order valence-corrected chi connectivity index (χ3v) is 4.42. The van der Waals surface area contributed by atoms with Crippen molar-refractivity contribution < 1.29 is 32.0 Å². The van der Waals surface area contributed by atoms with Crippen LogP contribution in [0.25, 0.3) is 11.3 Å². The Bertz CT molecular complexity index is 1040. The number of amides is 1. The number of nitrogens with one attached hydrogen (secondary N) is 1. The van der Waals surface area contributed by atoms with Crippen LogP contribution < -0.4 is 10.1 Å². The lowest BCUT2D eigenvalue weighted by Crippen LogP contribution is -2.17. The summed E-state index contributed by atoms with van der Waals surface area (Å²) >= 11 is 6.11. The largest absolute Gasteiger partial charge is 0.573 e. The SMILES string of the molecule is Cc1onc(-c2ccc(OC(F)(F)F)cc2)c1NC(=O)OC(C)c1ccccc1Cl. The van der Waals surface area contributed by atoms with Crippen LogP contribution in [0.5, 0.6) is 5.75 Å². The Morgan fingerprint density at radius 2 is 1.83 bits per heavy atom. The van der Waals surface area contributed by atoms with Crippen LogP contribution in [0, 0.1) is 6.92 Å². The highest BCUT2D eigenvalue weighted by atomic mass is 35.5. The molecule has 3 rings (SSSR count). The number of alkyl halides is 3. The van der Waals surface area contributed by atoms with Gasteiger partial charge < -0.3 is 14.0 Å². The Labute approximate surface area is 174 Å². The molecule has 1 heterocycles. The van der Waals surface area contributed by atoms with Gasteiger partial charge in [0.1, 0.15) is 23.2 Å². The average Bonchev–Trinajstić information content (AvgIpc) is 3.02. The van der Waals surface area contributed by atoms with E-state index >= 15 is 0 Å². The van der Waals surface area contributed by atoms with E-state index in [-0.39, 0.29) is 17.1 Å². The molecule has 0 aliphatic carbocycles. The molecule has 30 heavy (non-hydrogen) atoms. The number of ether oxygens (including phenoxy) is 2. The first-order valence-corrected chi connectivity index (χ1v) is 9.06. The van der Waals surface area contributed by atoms with Crippen LogP contribution in [0.15, 0.2) is 53.1 Å². The topological polar surface area (TPSA) is 73.6 Å². The summed E-state index contributed by atoms with van der Waals surface area (Å²) in [5.74, 6) is -0.0862. The molecule has 0 bridgehead atoms. The zero-order chi connectivity index (χ0) is 21.9. The normalized spacial score (nSPS) is 12.3. The smallest absolute Gasteiger partial charge is 0.441 e. The van der Waals surface area contributed by atoms with Gasteiger partial charge in [-0.05, 0) is 44.2 Å². The van der Waals surface area contributed by atoms with Gasteiger partial charge in [-0.2, -0.15) is 0 Å². The lowest BCUT2D eigenvalue weighted by atomic mass is 10.1. The lowest BCUT2D eigenvalue weighted by Gasteiger charge is -2.15. The number of benzene rings is 2. The summed E-state index contributed by atoms with van der Waals surface area (Å²) < 4.78 is 51.2. The Morgan fingerprint density at radius 1 is 1.17 bits per heavy atom. The number of aromatic nitrogens is 1. The van der Waals surface area contributed by atoms with Crippen molar-refractivity contribution in [1.29, 1.82) is 0 Å². The molecular formula is C20H16ClF3N2O4. The third kappa shape index (κ3) is 5.24. The van der Waals surface area contributed by atoms with Gasteiger partial charge in [-0.3, -0.25) is 5.32 Å². The third-order valence-electron chi connectivity index (χ3n) is 4.08. The molecule has 1 atom stereocenters. The quantitative estimate of drug-likeness (QED) is 0.489. The van der Waals surface area contributed by atoms with Crippen molar-refractivity contribution >= 4 is 23.4 Å². The predicted octanol–water partition coefficient (Wildman–Crippen LogP) is 6.51. The van der Waals surface area contributed by atoms with E-state index < -0.39 is 18.6 Å². The van der Waals surface area contributed by atoms with Crippen LogP contribution in [0.3, 0.4) is 0 Å². The molecule has 1 amide bonds. The molecule has 0 aliphatic rings. The van der Waals surface area contributed by atoms with Crippen molar-refractivity contribution in [2.24, 2.45) is 0 Å². The van der Waals surface area contributed by atoms with Crippen molar-refractivity contribution in [2.45, 2.75) is 26.3 Å². The lowest BCUT2D eigenvalue weighted by molar-refractivity contribution is -0.274. The van der Waals surface area contributed by atoms with E-state index in [1.165, 1.54) is 12.1 Å². The number of aryl methyl sites for hydroxylation is 1. The molecule has 0 saturated heterocycles. The molecule has 158 valence electrons. The average molecular weight is 441 g/mol. The highest BCUT2D eigenvalue weighted by molar-refractivity contribution is 6.31. The van der Waals surface area contributed by atoms with Gasteiger partial charge in [0, 0.05) is 16.1 Å². The summed E-state index contributed by atoms with van der Waals surface area (Å²) in [6.07, 6.45) is -6.19. The molecule has 1 aromatic heterocycles. The second kappa shape index (κ2) is 8.66. The Balaban J connectivity index is 1.74. The van der Waals surface area contributed by atoms with E-state index in [0.717, 1.165) is 12.1 Å². The van der Waals surface area contributed by atoms with Crippen molar-refractivity contribution in [3.8, 4) is 17.0 Å². The van der Waals surface area contributed by atoms with Gasteiger partial charge in [-0.1, -0.05) is 35.0 Å². The fourth-order valence-electron chi connectivity index (χ4n) is 2.69. The highest BCUT2D eigenvalue weighted by Crippen LogP contribution is 2.33. The maximum atomic E-state index is 12.4. The zero-order valence-corrected chi connectivity index (χ0v) is 16.5. The number of hydrogen-bond acceptors (Lipinski definition) is 5. The summed E-state index contributed by atoms with van der Waals surface area (Å²) in [7, 11) is 0. The fraction of sp³-hybridized carbons (Fsp3) is 0.200. The molecule has 0 aliphatic heterocycles. The van der Waals surface area contributed by atoms with Crippen LogP contribution >= 0.6 is 11.6 Å². The molecule has 1 unspecified atom stereocenters. The van der Waals surface area contributed by atoms with Crippen LogP contribution in [-0.2, 0) is 4.74 Å². The Morgan fingerprint density at radius 3 is 2.47 bits per heavy atom. The monoisotopic (exact) mass is 440 g/mol. The van der Waals surface area contributed by atoms with E-state index in [4.69, 9.17) is 20.9 Å². The standard InChI is InChI=1S/C20H16ClF3N2O4/c1-11(15-5-3-4-6-16(15)21)28-19(27)25-17-12(2)30-26-18(17)13-7-9-14(10-8-13)29-20(22,23)24/h3-11H,1-2H3,(H,25,27). The number of carbonyl (C=O) groups is 1. The molecule has 2 aromatic carbocycles. The van der Waals surface area contributed by atoms with E-state index in [2.05, 4.69) is 15.2 Å². The van der Waals surface area contributed by atoms with Crippen LogP contribution in [0.2, 0.25) is 5.02 Å². The molecule has 10 heteroatoms. The summed E-state index contributed by atoms with van der Waals surface area (Å²) in [4.78, 5) is 12.4. The van der Waals surface area contributed by atoms with Crippen LogP contribution in [0.4, 0.5) is 23.7 Å². The first-order chi connectivity index (χ1) is 14.1. The van der Waals surface area contributed by atoms with Crippen molar-refractivity contribution in [2.75, 3.05) is 5.32 Å². The summed E-state index contributed by atoms with van der Waals surface area (Å²) in [6, 6.07) is 11.9. The summed E-state index contributed by atoms with van der Waals surface area (Å²) in [6.45, 7) is 3.24. The highest BCUT2D eigenvalue weighted by Gasteiger charge is 2.31. The van der Waals surface area contributed by atoms with Crippen molar-refractivity contribution in [3.63, 3.8) is 0 Å². The van der Waals surface area contributed by atoms with Crippen LogP contribution in [0.1, 0.15) is 24.4 Å². The van der Waals surface area contributed by atoms with Gasteiger partial charge in [-0.25, -0.2) is 4.79 Å². The molecule has 0 radical (unpaired) electrons. The number of carbonyl (C=O) groups excluding carboxylic acids is 1. The van der Waals surface area contributed by atoms with E-state index in [0.29, 0.717) is 21.9 Å². The second-order valence-corrected chi connectivity index (χ2v) is 6.64. The maximum Gasteiger partial charge on any atom is 0.573 e. The van der Waals surface area contributed by atoms with Crippen LogP contribution in [-0.4, -0.2) is 17.6 Å². The van der Waals surface area contributed by atoms with Gasteiger partial charge in [0.15, 0.2) is 5.76 Å². The van der Waals surface area contributed by atoms with Gasteiger partial charge in [0.2, 0.25) is 0 Å². The second-order valence-electron chi connectivity index (χ2n) is 6.23. The minimum Gasteiger partial charge on any atom is -0.441 e. The number of rotatable bonds is 5. The summed E-state index contributed by atoms with van der Waals surface area (Å²) in [5.41, 5.74) is 1.51. The molecule has 0 spiro atoms. The van der Waals surface area contributed by atoms with E-state index in [9.17, 15) is 18.0 Å². The van der Waals surface area contributed by atoms with Crippen molar-refractivity contribution in [1.82, 2.24) is 5.16 Å². The molecule has 6 nitrogen and oxygen atoms in total. The summed E-state index contributed by atoms with van der Waals surface area (Å²) in [5, 5.41) is 6.88. The van der Waals surface area contributed by atoms with E-state index in [1.807, 2.05) is 0 Å². The Hall–Kier alpha value is -3.20. The van der Waals surface area contributed by atoms with Gasteiger partial charge in [-0.15, -0.1) is 13.2 Å². The number of nitrogens with zero attached hydrogens (tertiary/aromatic N) is 1. The molecular weight excluding hydrogens is 425 g/mol. The van der Waals surface area contributed by atoms with Gasteiger partial charge in [0.05, 0.1) is 0 Å². The predicted molar refractivity (Wildman–Crippen MR) is 103 cm³/mol. The van der Waals surface area contributed by atoms with Gasteiger partial charge >= 0.3 is 12.5 Å². The first kappa shape index (κ1) is 21.5. The molecule has 3 aromatic rings. The number of halogens is 4. The maximum absolute atomic E-state index is 12.4. The first-order valence-electron chi connectivity index (χ1n) is 8.68. The minimum atomic E-state index is -4.79. The number of hydrogen-bond donors (Lipinski definition) is 1. The molecule has 0 fully saturated rings. The zero-order valence-electron chi connectivity index (χ0n) is 15.8. The number of anilines is 1. The molecule has 1 N–H and O–H groups in total. The minimum absolute atomic E-state index is 0.230. The Kier molecular flexibility index (Phi) is 6.21. The van der Waals surface area contributed by atoms with E-state index in [1.54, 1.807) is 38.1 Å².